The maximum absolute atomic E-state index is 14.3. The molecular formula is C20H21FN2O4. The van der Waals surface area contributed by atoms with Gasteiger partial charge in [0.1, 0.15) is 12.4 Å². The van der Waals surface area contributed by atoms with E-state index in [4.69, 9.17) is 0 Å². The van der Waals surface area contributed by atoms with Crippen molar-refractivity contribution in [3.8, 4) is 0 Å². The fourth-order valence-electron chi connectivity index (χ4n) is 2.55. The molecule has 0 atom stereocenters. The smallest absolute Gasteiger partial charge is 0.325 e. The van der Waals surface area contributed by atoms with Crippen LogP contribution in [0.15, 0.2) is 42.5 Å². The third-order valence-corrected chi connectivity index (χ3v) is 3.97. The van der Waals surface area contributed by atoms with Crippen LogP contribution >= 0.6 is 0 Å². The van der Waals surface area contributed by atoms with Crippen molar-refractivity contribution in [2.45, 2.75) is 20.4 Å². The zero-order valence-electron chi connectivity index (χ0n) is 15.4. The SMILES string of the molecule is COC(=O)CN(Cc1ccccc1C)C(=O)c1cc(NC(C)=O)ccc1F. The summed E-state index contributed by atoms with van der Waals surface area (Å²) in [5.74, 6) is -2.37. The lowest BCUT2D eigenvalue weighted by Gasteiger charge is -2.23. The Morgan fingerprint density at radius 3 is 2.48 bits per heavy atom. The quantitative estimate of drug-likeness (QED) is 0.791. The number of rotatable bonds is 6. The Hall–Kier alpha value is -3.22. The van der Waals surface area contributed by atoms with Gasteiger partial charge in [-0.1, -0.05) is 24.3 Å². The molecule has 0 aliphatic rings. The number of methoxy groups -OCH3 is 1. The van der Waals surface area contributed by atoms with Crippen molar-refractivity contribution in [2.75, 3.05) is 19.0 Å². The van der Waals surface area contributed by atoms with Gasteiger partial charge in [0.05, 0.1) is 12.7 Å². The minimum atomic E-state index is -0.742. The predicted molar refractivity (Wildman–Crippen MR) is 98.6 cm³/mol. The molecule has 1 N–H and O–H groups in total. The first-order valence-corrected chi connectivity index (χ1v) is 8.29. The minimum absolute atomic E-state index is 0.115. The van der Waals surface area contributed by atoms with Crippen molar-refractivity contribution < 1.29 is 23.5 Å². The van der Waals surface area contributed by atoms with E-state index in [9.17, 15) is 18.8 Å². The summed E-state index contributed by atoms with van der Waals surface area (Å²) in [5.41, 5.74) is 1.82. The molecule has 7 heteroatoms. The second-order valence-corrected chi connectivity index (χ2v) is 6.04. The third kappa shape index (κ3) is 5.37. The summed E-state index contributed by atoms with van der Waals surface area (Å²) in [4.78, 5) is 37.1. The molecule has 142 valence electrons. The summed E-state index contributed by atoms with van der Waals surface area (Å²) < 4.78 is 18.9. The average molecular weight is 372 g/mol. The van der Waals surface area contributed by atoms with Gasteiger partial charge in [-0.05, 0) is 36.2 Å². The van der Waals surface area contributed by atoms with E-state index in [1.54, 1.807) is 0 Å². The van der Waals surface area contributed by atoms with Crippen molar-refractivity contribution in [3.05, 3.63) is 65.0 Å². The topological polar surface area (TPSA) is 75.7 Å². The third-order valence-electron chi connectivity index (χ3n) is 3.97. The normalized spacial score (nSPS) is 10.2. The number of ether oxygens (including phenoxy) is 1. The lowest BCUT2D eigenvalue weighted by atomic mass is 10.1. The number of nitrogens with zero attached hydrogens (tertiary/aromatic N) is 1. The second-order valence-electron chi connectivity index (χ2n) is 6.04. The van der Waals surface area contributed by atoms with E-state index in [1.807, 2.05) is 31.2 Å². The molecule has 0 aromatic heterocycles. The largest absolute Gasteiger partial charge is 0.468 e. The molecule has 2 rings (SSSR count). The zero-order chi connectivity index (χ0) is 20.0. The molecule has 0 fully saturated rings. The Balaban J connectivity index is 2.37. The Labute approximate surface area is 156 Å². The van der Waals surface area contributed by atoms with Crippen LogP contribution in [0.25, 0.3) is 0 Å². The van der Waals surface area contributed by atoms with Gasteiger partial charge in [0.2, 0.25) is 5.91 Å². The second kappa shape index (κ2) is 8.93. The minimum Gasteiger partial charge on any atom is -0.468 e. The summed E-state index contributed by atoms with van der Waals surface area (Å²) in [6.07, 6.45) is 0. The molecule has 0 heterocycles. The number of amides is 2. The number of anilines is 1. The predicted octanol–water partition coefficient (Wildman–Crippen LogP) is 2.91. The Kier molecular flexibility index (Phi) is 6.65. The van der Waals surface area contributed by atoms with Gasteiger partial charge < -0.3 is 15.0 Å². The molecule has 0 saturated heterocycles. The van der Waals surface area contributed by atoms with Crippen LogP contribution in [0, 0.1) is 12.7 Å². The van der Waals surface area contributed by atoms with Gasteiger partial charge in [-0.2, -0.15) is 0 Å². The lowest BCUT2D eigenvalue weighted by Crippen LogP contribution is -2.36. The number of nitrogens with one attached hydrogen (secondary N) is 1. The zero-order valence-corrected chi connectivity index (χ0v) is 15.4. The Morgan fingerprint density at radius 2 is 1.85 bits per heavy atom. The molecule has 0 aliphatic carbocycles. The number of esters is 1. The molecule has 27 heavy (non-hydrogen) atoms. The van der Waals surface area contributed by atoms with E-state index in [0.717, 1.165) is 17.2 Å². The van der Waals surface area contributed by atoms with Crippen LogP contribution in [0.2, 0.25) is 0 Å². The van der Waals surface area contributed by atoms with E-state index >= 15 is 0 Å². The Morgan fingerprint density at radius 1 is 1.15 bits per heavy atom. The molecule has 0 saturated carbocycles. The molecule has 0 spiro atoms. The van der Waals surface area contributed by atoms with Crippen molar-refractivity contribution in [1.82, 2.24) is 4.90 Å². The number of aryl methyl sites for hydroxylation is 1. The van der Waals surface area contributed by atoms with Crippen LogP contribution in [-0.4, -0.2) is 36.3 Å². The summed E-state index contributed by atoms with van der Waals surface area (Å²) in [5, 5.41) is 2.51. The fraction of sp³-hybridized carbons (Fsp3) is 0.250. The fourth-order valence-corrected chi connectivity index (χ4v) is 2.55. The van der Waals surface area contributed by atoms with E-state index < -0.39 is 17.7 Å². The highest BCUT2D eigenvalue weighted by Crippen LogP contribution is 2.19. The van der Waals surface area contributed by atoms with Gasteiger partial charge in [-0.3, -0.25) is 14.4 Å². The van der Waals surface area contributed by atoms with Gasteiger partial charge in [0.15, 0.2) is 0 Å². The summed E-state index contributed by atoms with van der Waals surface area (Å²) in [7, 11) is 1.22. The average Bonchev–Trinajstić information content (AvgIpc) is 2.63. The van der Waals surface area contributed by atoms with E-state index in [1.165, 1.54) is 31.1 Å². The highest BCUT2D eigenvalue weighted by Gasteiger charge is 2.23. The summed E-state index contributed by atoms with van der Waals surface area (Å²) in [6, 6.07) is 11.1. The number of hydrogen-bond donors (Lipinski definition) is 1. The number of halogens is 1. The maximum Gasteiger partial charge on any atom is 0.325 e. The van der Waals surface area contributed by atoms with Crippen molar-refractivity contribution in [1.29, 1.82) is 0 Å². The van der Waals surface area contributed by atoms with Gasteiger partial charge >= 0.3 is 5.97 Å². The van der Waals surface area contributed by atoms with Gasteiger partial charge in [0.25, 0.3) is 5.91 Å². The van der Waals surface area contributed by atoms with Gasteiger partial charge in [0, 0.05) is 19.2 Å². The number of benzene rings is 2. The number of carbonyl (C=O) groups is 3. The van der Waals surface area contributed by atoms with Gasteiger partial charge in [-0.15, -0.1) is 0 Å². The first-order chi connectivity index (χ1) is 12.8. The van der Waals surface area contributed by atoms with Crippen LogP contribution in [-0.2, 0) is 20.9 Å². The van der Waals surface area contributed by atoms with Crippen molar-refractivity contribution in [2.24, 2.45) is 0 Å². The molecule has 2 aromatic carbocycles. The first-order valence-electron chi connectivity index (χ1n) is 8.29. The van der Waals surface area contributed by atoms with Crippen LogP contribution in [0.3, 0.4) is 0 Å². The van der Waals surface area contributed by atoms with Crippen LogP contribution in [0.1, 0.15) is 28.4 Å². The molecule has 2 amide bonds. The highest BCUT2D eigenvalue weighted by atomic mass is 19.1. The molecule has 0 bridgehead atoms. The molecule has 0 aliphatic heterocycles. The number of carbonyl (C=O) groups excluding carboxylic acids is 3. The molecular weight excluding hydrogens is 351 g/mol. The molecule has 2 aromatic rings. The maximum atomic E-state index is 14.3. The van der Waals surface area contributed by atoms with E-state index in [2.05, 4.69) is 10.1 Å². The van der Waals surface area contributed by atoms with E-state index in [0.29, 0.717) is 5.69 Å². The summed E-state index contributed by atoms with van der Waals surface area (Å²) in [6.45, 7) is 2.98. The Bertz CT molecular complexity index is 867. The van der Waals surface area contributed by atoms with E-state index in [-0.39, 0.29) is 24.6 Å². The number of hydrogen-bond acceptors (Lipinski definition) is 4. The van der Waals surface area contributed by atoms with Crippen molar-refractivity contribution >= 4 is 23.5 Å². The van der Waals surface area contributed by atoms with Gasteiger partial charge in [-0.25, -0.2) is 4.39 Å². The molecule has 0 unspecified atom stereocenters. The molecule has 6 nitrogen and oxygen atoms in total. The van der Waals surface area contributed by atoms with Crippen LogP contribution in [0.5, 0.6) is 0 Å². The van der Waals surface area contributed by atoms with Crippen molar-refractivity contribution in [3.63, 3.8) is 0 Å². The lowest BCUT2D eigenvalue weighted by molar-refractivity contribution is -0.141. The summed E-state index contributed by atoms with van der Waals surface area (Å²) >= 11 is 0. The molecule has 0 radical (unpaired) electrons. The van der Waals surface area contributed by atoms with Crippen LogP contribution in [0.4, 0.5) is 10.1 Å². The first kappa shape index (κ1) is 20.1. The van der Waals surface area contributed by atoms with Crippen LogP contribution < -0.4 is 5.32 Å². The highest BCUT2D eigenvalue weighted by molar-refractivity contribution is 5.98. The monoisotopic (exact) mass is 372 g/mol. The standard InChI is InChI=1S/C20H21FN2O4/c1-13-6-4-5-7-15(13)11-23(12-19(25)27-3)20(26)17-10-16(22-14(2)24)8-9-18(17)21/h4-10H,11-12H2,1-3H3,(H,22,24).